The van der Waals surface area contributed by atoms with E-state index in [-0.39, 0.29) is 25.3 Å². The summed E-state index contributed by atoms with van der Waals surface area (Å²) >= 11 is 6.23. The van der Waals surface area contributed by atoms with Gasteiger partial charge in [0.05, 0.1) is 13.2 Å². The molecule has 8 heteroatoms. The molecule has 1 aliphatic rings. The molecule has 0 fully saturated rings. The number of amides is 1. The molecule has 0 spiro atoms. The lowest BCUT2D eigenvalue weighted by molar-refractivity contribution is 0.0536. The number of aromatic amines is 1. The van der Waals surface area contributed by atoms with E-state index in [0.717, 1.165) is 27.7 Å². The number of hydrogen-bond acceptors (Lipinski definition) is 5. The fraction of sp³-hybridized carbons (Fsp3) is 0.348. The highest BCUT2D eigenvalue weighted by Crippen LogP contribution is 2.39. The Balaban J connectivity index is 1.71. The summed E-state index contributed by atoms with van der Waals surface area (Å²) in [5.41, 5.74) is 3.97. The first-order valence-electron chi connectivity index (χ1n) is 10.3. The smallest absolute Gasteiger partial charge is 0.410 e. The summed E-state index contributed by atoms with van der Waals surface area (Å²) in [7, 11) is 0. The summed E-state index contributed by atoms with van der Waals surface area (Å²) in [6.07, 6.45) is -0.593. The number of benzene rings is 2. The average molecular weight is 445 g/mol. The fourth-order valence-corrected chi connectivity index (χ4v) is 4.17. The molecule has 0 saturated heterocycles. The number of H-pyrrole nitrogens is 1. The molecule has 0 radical (unpaired) electrons. The topological polar surface area (TPSA) is 95.0 Å². The van der Waals surface area contributed by atoms with Gasteiger partial charge in [-0.15, -0.1) is 0 Å². The Bertz CT molecular complexity index is 1070. The SMILES string of the molecule is CCOC(=O)N1CCc2c([nH]c3ccc(Cl)cc23)[C@@H]1c1ccc(OC[C@@H](O)CO)cc1. The molecule has 1 aliphatic heterocycles. The lowest BCUT2D eigenvalue weighted by Crippen LogP contribution is -2.40. The molecule has 1 aromatic heterocycles. The Hall–Kier alpha value is -2.74. The molecule has 0 saturated carbocycles. The number of fused-ring (bicyclic) bond motifs is 3. The molecule has 2 heterocycles. The van der Waals surface area contributed by atoms with E-state index in [1.807, 2.05) is 30.3 Å². The maximum atomic E-state index is 12.7. The van der Waals surface area contributed by atoms with Crippen molar-refractivity contribution in [1.29, 1.82) is 0 Å². The number of rotatable bonds is 6. The number of hydrogen-bond donors (Lipinski definition) is 3. The number of aromatic nitrogens is 1. The largest absolute Gasteiger partial charge is 0.491 e. The lowest BCUT2D eigenvalue weighted by Gasteiger charge is -2.35. The molecule has 3 aromatic rings. The van der Waals surface area contributed by atoms with Crippen molar-refractivity contribution in [2.45, 2.75) is 25.5 Å². The predicted molar refractivity (Wildman–Crippen MR) is 118 cm³/mol. The standard InChI is InChI=1S/C23H25ClN2O5/c1-2-30-23(29)26-10-9-18-19-11-15(24)5-8-20(19)25-21(18)22(26)14-3-6-17(7-4-14)31-13-16(28)12-27/h3-8,11,16,22,25,27-28H,2,9-10,12-13H2,1H3/t16-,22-/m0/s1. The van der Waals surface area contributed by atoms with Crippen LogP contribution in [-0.2, 0) is 11.2 Å². The van der Waals surface area contributed by atoms with E-state index >= 15 is 0 Å². The minimum Gasteiger partial charge on any atom is -0.491 e. The van der Waals surface area contributed by atoms with Crippen LogP contribution in [0.15, 0.2) is 42.5 Å². The highest BCUT2D eigenvalue weighted by Gasteiger charge is 2.35. The van der Waals surface area contributed by atoms with E-state index in [4.69, 9.17) is 26.2 Å². The van der Waals surface area contributed by atoms with Gasteiger partial charge in [0.1, 0.15) is 24.5 Å². The van der Waals surface area contributed by atoms with E-state index in [9.17, 15) is 9.90 Å². The molecule has 31 heavy (non-hydrogen) atoms. The van der Waals surface area contributed by atoms with Crippen LogP contribution in [0.4, 0.5) is 4.79 Å². The Kier molecular flexibility index (Phi) is 6.36. The van der Waals surface area contributed by atoms with Crippen molar-refractivity contribution in [2.75, 3.05) is 26.4 Å². The van der Waals surface area contributed by atoms with Crippen LogP contribution in [0, 0.1) is 0 Å². The minimum absolute atomic E-state index is 0.00114. The van der Waals surface area contributed by atoms with Gasteiger partial charge in [0, 0.05) is 28.2 Å². The molecule has 0 unspecified atom stereocenters. The van der Waals surface area contributed by atoms with Gasteiger partial charge in [0.15, 0.2) is 0 Å². The number of nitrogens with zero attached hydrogens (tertiary/aromatic N) is 1. The molecule has 4 rings (SSSR count). The molecule has 2 atom stereocenters. The van der Waals surface area contributed by atoms with E-state index in [1.54, 1.807) is 24.0 Å². The number of ether oxygens (including phenoxy) is 2. The van der Waals surface area contributed by atoms with Crippen molar-refractivity contribution >= 4 is 28.6 Å². The van der Waals surface area contributed by atoms with Gasteiger partial charge < -0.3 is 24.7 Å². The first kappa shape index (κ1) is 21.5. The Morgan fingerprint density at radius 3 is 2.77 bits per heavy atom. The number of halogens is 1. The van der Waals surface area contributed by atoms with Gasteiger partial charge >= 0.3 is 6.09 Å². The van der Waals surface area contributed by atoms with Gasteiger partial charge in [0.25, 0.3) is 0 Å². The second-order valence-corrected chi connectivity index (χ2v) is 7.90. The molecular weight excluding hydrogens is 420 g/mol. The summed E-state index contributed by atoms with van der Waals surface area (Å²) < 4.78 is 10.8. The monoisotopic (exact) mass is 444 g/mol. The average Bonchev–Trinajstić information content (AvgIpc) is 3.15. The first-order valence-corrected chi connectivity index (χ1v) is 10.6. The van der Waals surface area contributed by atoms with Crippen LogP contribution < -0.4 is 4.74 Å². The van der Waals surface area contributed by atoms with Crippen molar-refractivity contribution in [1.82, 2.24) is 9.88 Å². The van der Waals surface area contributed by atoms with Crippen LogP contribution in [0.5, 0.6) is 5.75 Å². The fourth-order valence-electron chi connectivity index (χ4n) is 4.00. The van der Waals surface area contributed by atoms with Crippen molar-refractivity contribution in [3.63, 3.8) is 0 Å². The van der Waals surface area contributed by atoms with Gasteiger partial charge in [-0.25, -0.2) is 4.79 Å². The lowest BCUT2D eigenvalue weighted by atomic mass is 9.92. The Morgan fingerprint density at radius 1 is 1.29 bits per heavy atom. The van der Waals surface area contributed by atoms with Crippen LogP contribution in [0.3, 0.4) is 0 Å². The maximum Gasteiger partial charge on any atom is 0.410 e. The number of carbonyl (C=O) groups excluding carboxylic acids is 1. The third-order valence-electron chi connectivity index (χ3n) is 5.44. The van der Waals surface area contributed by atoms with Crippen molar-refractivity contribution in [3.8, 4) is 5.75 Å². The second-order valence-electron chi connectivity index (χ2n) is 7.47. The van der Waals surface area contributed by atoms with E-state index < -0.39 is 6.10 Å². The van der Waals surface area contributed by atoms with Gasteiger partial charge in [-0.05, 0) is 54.8 Å². The maximum absolute atomic E-state index is 12.7. The number of aliphatic hydroxyl groups excluding tert-OH is 2. The Morgan fingerprint density at radius 2 is 2.06 bits per heavy atom. The molecule has 164 valence electrons. The van der Waals surface area contributed by atoms with Gasteiger partial charge in [-0.1, -0.05) is 23.7 Å². The minimum atomic E-state index is -0.932. The van der Waals surface area contributed by atoms with E-state index in [1.165, 1.54) is 0 Å². The van der Waals surface area contributed by atoms with E-state index in [0.29, 0.717) is 30.3 Å². The molecule has 7 nitrogen and oxygen atoms in total. The molecule has 1 amide bonds. The molecule has 0 aliphatic carbocycles. The van der Waals surface area contributed by atoms with Crippen LogP contribution >= 0.6 is 11.6 Å². The summed E-state index contributed by atoms with van der Waals surface area (Å²) in [5.74, 6) is 0.568. The third kappa shape index (κ3) is 4.35. The number of nitrogens with one attached hydrogen (secondary N) is 1. The first-order chi connectivity index (χ1) is 15.0. The third-order valence-corrected chi connectivity index (χ3v) is 5.68. The normalized spacial score (nSPS) is 16.8. The Labute approximate surface area is 185 Å². The molecular formula is C23H25ClN2O5. The zero-order chi connectivity index (χ0) is 22.0. The van der Waals surface area contributed by atoms with Gasteiger partial charge in [-0.2, -0.15) is 0 Å². The van der Waals surface area contributed by atoms with Crippen molar-refractivity contribution < 1.29 is 24.5 Å². The van der Waals surface area contributed by atoms with Crippen molar-refractivity contribution in [2.24, 2.45) is 0 Å². The quantitative estimate of drug-likeness (QED) is 0.539. The van der Waals surface area contributed by atoms with Crippen molar-refractivity contribution in [3.05, 3.63) is 64.3 Å². The van der Waals surface area contributed by atoms with Crippen LogP contribution in [0.2, 0.25) is 5.02 Å². The summed E-state index contributed by atoms with van der Waals surface area (Å²) in [5, 5.41) is 20.1. The summed E-state index contributed by atoms with van der Waals surface area (Å²) in [6, 6.07) is 12.8. The van der Waals surface area contributed by atoms with Crippen LogP contribution in [0.1, 0.15) is 29.8 Å². The summed E-state index contributed by atoms with van der Waals surface area (Å²) in [6.45, 7) is 2.26. The summed E-state index contributed by atoms with van der Waals surface area (Å²) in [4.78, 5) is 17.9. The zero-order valence-electron chi connectivity index (χ0n) is 17.2. The van der Waals surface area contributed by atoms with Gasteiger partial charge in [0.2, 0.25) is 0 Å². The number of carbonyl (C=O) groups is 1. The predicted octanol–water partition coefficient (Wildman–Crippen LogP) is 3.66. The number of aliphatic hydroxyl groups is 2. The van der Waals surface area contributed by atoms with Crippen LogP contribution in [0.25, 0.3) is 10.9 Å². The second kappa shape index (κ2) is 9.18. The van der Waals surface area contributed by atoms with Gasteiger partial charge in [-0.3, -0.25) is 4.90 Å². The van der Waals surface area contributed by atoms with E-state index in [2.05, 4.69) is 4.98 Å². The zero-order valence-corrected chi connectivity index (χ0v) is 17.9. The highest BCUT2D eigenvalue weighted by atomic mass is 35.5. The molecule has 2 aromatic carbocycles. The molecule has 3 N–H and O–H groups in total. The highest BCUT2D eigenvalue weighted by molar-refractivity contribution is 6.31. The van der Waals surface area contributed by atoms with Crippen LogP contribution in [-0.4, -0.2) is 58.7 Å². The molecule has 0 bridgehead atoms.